The predicted molar refractivity (Wildman–Crippen MR) is 50.4 cm³/mol. The minimum absolute atomic E-state index is 0.138. The highest BCUT2D eigenvalue weighted by atomic mass is 16.3. The van der Waals surface area contributed by atoms with Gasteiger partial charge >= 0.3 is 0 Å². The maximum Gasteiger partial charge on any atom is 0.236 e. The Balaban J connectivity index is 2.51. The molecule has 0 aromatic rings. The smallest absolute Gasteiger partial charge is 0.236 e. The second-order valence-corrected chi connectivity index (χ2v) is 3.90. The molecule has 1 saturated heterocycles. The fraction of sp³-hybridized carbons (Fsp3) is 0.889. The van der Waals surface area contributed by atoms with Gasteiger partial charge in [-0.3, -0.25) is 9.69 Å². The number of carbonyl (C=O) groups is 1. The van der Waals surface area contributed by atoms with Crippen molar-refractivity contribution in [3.8, 4) is 0 Å². The van der Waals surface area contributed by atoms with Crippen molar-refractivity contribution in [3.05, 3.63) is 0 Å². The molecule has 4 nitrogen and oxygen atoms in total. The van der Waals surface area contributed by atoms with Gasteiger partial charge in [-0.05, 0) is 13.8 Å². The Morgan fingerprint density at radius 1 is 1.69 bits per heavy atom. The number of aliphatic hydroxyl groups is 1. The van der Waals surface area contributed by atoms with E-state index in [2.05, 4.69) is 6.92 Å². The Morgan fingerprint density at radius 3 is 2.85 bits per heavy atom. The SMILES string of the molecule is CC(O)CN1CC(=O)N(C)CC1C. The third-order valence-electron chi connectivity index (χ3n) is 2.42. The molecule has 13 heavy (non-hydrogen) atoms. The largest absolute Gasteiger partial charge is 0.392 e. The number of likely N-dealkylation sites (N-methyl/N-ethyl adjacent to an activating group) is 1. The summed E-state index contributed by atoms with van der Waals surface area (Å²) in [4.78, 5) is 15.1. The van der Waals surface area contributed by atoms with Gasteiger partial charge in [0.15, 0.2) is 0 Å². The zero-order valence-electron chi connectivity index (χ0n) is 8.53. The van der Waals surface area contributed by atoms with E-state index in [1.165, 1.54) is 0 Å². The molecular weight excluding hydrogens is 168 g/mol. The molecule has 0 aliphatic carbocycles. The van der Waals surface area contributed by atoms with Crippen LogP contribution in [0.25, 0.3) is 0 Å². The molecule has 1 amide bonds. The van der Waals surface area contributed by atoms with Crippen LogP contribution >= 0.6 is 0 Å². The molecule has 0 saturated carbocycles. The van der Waals surface area contributed by atoms with Gasteiger partial charge in [0.1, 0.15) is 0 Å². The molecule has 76 valence electrons. The summed E-state index contributed by atoms with van der Waals surface area (Å²) in [5, 5.41) is 9.21. The van der Waals surface area contributed by atoms with Crippen molar-refractivity contribution in [1.29, 1.82) is 0 Å². The van der Waals surface area contributed by atoms with Crippen LogP contribution in [0.5, 0.6) is 0 Å². The van der Waals surface area contributed by atoms with Gasteiger partial charge in [0, 0.05) is 26.2 Å². The van der Waals surface area contributed by atoms with E-state index in [9.17, 15) is 9.90 Å². The monoisotopic (exact) mass is 186 g/mol. The molecule has 2 atom stereocenters. The molecule has 0 radical (unpaired) electrons. The number of rotatable bonds is 2. The van der Waals surface area contributed by atoms with Gasteiger partial charge in [0.05, 0.1) is 12.6 Å². The van der Waals surface area contributed by atoms with Crippen molar-refractivity contribution in [2.24, 2.45) is 0 Å². The summed E-state index contributed by atoms with van der Waals surface area (Å²) in [6.45, 7) is 5.59. The quantitative estimate of drug-likeness (QED) is 0.634. The summed E-state index contributed by atoms with van der Waals surface area (Å²) in [6, 6.07) is 0.345. The maximum absolute atomic E-state index is 11.3. The van der Waals surface area contributed by atoms with Gasteiger partial charge in [0.25, 0.3) is 0 Å². The second-order valence-electron chi connectivity index (χ2n) is 3.90. The number of hydrogen-bond donors (Lipinski definition) is 1. The van der Waals surface area contributed by atoms with Gasteiger partial charge in [0.2, 0.25) is 5.91 Å². The van der Waals surface area contributed by atoms with Crippen LogP contribution in [-0.4, -0.2) is 59.6 Å². The third-order valence-corrected chi connectivity index (χ3v) is 2.42. The summed E-state index contributed by atoms with van der Waals surface area (Å²) in [7, 11) is 1.82. The molecule has 1 N–H and O–H groups in total. The van der Waals surface area contributed by atoms with Gasteiger partial charge < -0.3 is 10.0 Å². The van der Waals surface area contributed by atoms with Crippen LogP contribution in [0.15, 0.2) is 0 Å². The van der Waals surface area contributed by atoms with Crippen LogP contribution in [0.1, 0.15) is 13.8 Å². The van der Waals surface area contributed by atoms with E-state index in [-0.39, 0.29) is 12.0 Å². The Labute approximate surface area is 79.1 Å². The molecule has 0 aromatic carbocycles. The van der Waals surface area contributed by atoms with Crippen LogP contribution in [0.2, 0.25) is 0 Å². The number of hydrogen-bond acceptors (Lipinski definition) is 3. The number of amides is 1. The van der Waals surface area contributed by atoms with Crippen molar-refractivity contribution < 1.29 is 9.90 Å². The van der Waals surface area contributed by atoms with Crippen LogP contribution in [-0.2, 0) is 4.79 Å². The maximum atomic E-state index is 11.3. The van der Waals surface area contributed by atoms with Crippen molar-refractivity contribution >= 4 is 5.91 Å². The van der Waals surface area contributed by atoms with E-state index in [1.54, 1.807) is 11.8 Å². The van der Waals surface area contributed by atoms with Gasteiger partial charge in [-0.25, -0.2) is 0 Å². The lowest BCUT2D eigenvalue weighted by Gasteiger charge is -2.38. The Morgan fingerprint density at radius 2 is 2.31 bits per heavy atom. The van der Waals surface area contributed by atoms with Crippen molar-refractivity contribution in [2.75, 3.05) is 26.7 Å². The lowest BCUT2D eigenvalue weighted by molar-refractivity contribution is -0.137. The molecular formula is C9H18N2O2. The van der Waals surface area contributed by atoms with Crippen LogP contribution in [0.3, 0.4) is 0 Å². The summed E-state index contributed by atoms with van der Waals surface area (Å²) in [5.41, 5.74) is 0. The predicted octanol–water partition coefficient (Wildman–Crippen LogP) is -0.470. The average molecular weight is 186 g/mol. The number of β-amino-alcohol motifs (C(OH)–C–C–N with tert-alkyl or cyclic N) is 1. The number of aliphatic hydroxyl groups excluding tert-OH is 1. The van der Waals surface area contributed by atoms with E-state index in [0.717, 1.165) is 6.54 Å². The highest BCUT2D eigenvalue weighted by Crippen LogP contribution is 2.09. The molecule has 0 spiro atoms. The van der Waals surface area contributed by atoms with E-state index in [0.29, 0.717) is 19.1 Å². The Hall–Kier alpha value is -0.610. The van der Waals surface area contributed by atoms with Gasteiger partial charge in [-0.15, -0.1) is 0 Å². The lowest BCUT2D eigenvalue weighted by Crippen LogP contribution is -2.55. The van der Waals surface area contributed by atoms with E-state index in [4.69, 9.17) is 0 Å². The first-order valence-electron chi connectivity index (χ1n) is 4.66. The third kappa shape index (κ3) is 2.67. The zero-order chi connectivity index (χ0) is 10.0. The summed E-state index contributed by atoms with van der Waals surface area (Å²) < 4.78 is 0. The normalized spacial score (nSPS) is 27.8. The van der Waals surface area contributed by atoms with Gasteiger partial charge in [-0.2, -0.15) is 0 Å². The summed E-state index contributed by atoms with van der Waals surface area (Å²) in [6.07, 6.45) is -0.362. The molecule has 1 aliphatic rings. The van der Waals surface area contributed by atoms with Crippen molar-refractivity contribution in [3.63, 3.8) is 0 Å². The highest BCUT2D eigenvalue weighted by Gasteiger charge is 2.27. The topological polar surface area (TPSA) is 43.8 Å². The summed E-state index contributed by atoms with van der Waals surface area (Å²) in [5.74, 6) is 0.138. The molecule has 1 fully saturated rings. The van der Waals surface area contributed by atoms with Crippen LogP contribution in [0, 0.1) is 0 Å². The first-order valence-corrected chi connectivity index (χ1v) is 4.66. The molecule has 0 aromatic heterocycles. The fourth-order valence-corrected chi connectivity index (χ4v) is 1.65. The van der Waals surface area contributed by atoms with Crippen molar-refractivity contribution in [2.45, 2.75) is 26.0 Å². The number of carbonyl (C=O) groups excluding carboxylic acids is 1. The minimum Gasteiger partial charge on any atom is -0.392 e. The number of piperazine rings is 1. The van der Waals surface area contributed by atoms with Crippen LogP contribution < -0.4 is 0 Å². The Kier molecular flexibility index (Phi) is 3.27. The van der Waals surface area contributed by atoms with Gasteiger partial charge in [-0.1, -0.05) is 0 Å². The molecule has 1 aliphatic heterocycles. The molecule has 2 unspecified atom stereocenters. The van der Waals surface area contributed by atoms with Crippen LogP contribution in [0.4, 0.5) is 0 Å². The minimum atomic E-state index is -0.362. The van der Waals surface area contributed by atoms with E-state index < -0.39 is 0 Å². The van der Waals surface area contributed by atoms with Crippen molar-refractivity contribution in [1.82, 2.24) is 9.80 Å². The Bertz CT molecular complexity index is 194. The van der Waals surface area contributed by atoms with E-state index >= 15 is 0 Å². The molecule has 0 bridgehead atoms. The highest BCUT2D eigenvalue weighted by molar-refractivity contribution is 5.78. The summed E-state index contributed by atoms with van der Waals surface area (Å²) >= 11 is 0. The lowest BCUT2D eigenvalue weighted by atomic mass is 10.2. The molecule has 1 rings (SSSR count). The zero-order valence-corrected chi connectivity index (χ0v) is 8.53. The molecule has 1 heterocycles. The standard InChI is InChI=1S/C9H18N2O2/c1-7-4-10(3)9(13)6-11(7)5-8(2)12/h7-8,12H,4-6H2,1-3H3. The fourth-order valence-electron chi connectivity index (χ4n) is 1.65. The number of nitrogens with zero attached hydrogens (tertiary/aromatic N) is 2. The van der Waals surface area contributed by atoms with E-state index in [1.807, 2.05) is 11.9 Å². The molecule has 4 heteroatoms. The first kappa shape index (κ1) is 10.5. The second kappa shape index (κ2) is 4.07. The average Bonchev–Trinajstić information content (AvgIpc) is 1.99. The first-order chi connectivity index (χ1) is 6.00.